The van der Waals surface area contributed by atoms with Crippen LogP contribution in [-0.4, -0.2) is 15.0 Å². The first-order valence-electron chi connectivity index (χ1n) is 10.0. The molecule has 0 aliphatic rings. The number of halogens is 1. The first-order chi connectivity index (χ1) is 15.6. The summed E-state index contributed by atoms with van der Waals surface area (Å²) >= 11 is 7.97. The van der Waals surface area contributed by atoms with Crippen molar-refractivity contribution in [3.8, 4) is 22.8 Å². The third-order valence-corrected chi connectivity index (χ3v) is 6.63. The Balaban J connectivity index is 1.67. The van der Waals surface area contributed by atoms with E-state index in [9.17, 15) is 0 Å². The Kier molecular flexibility index (Phi) is 5.39. The fourth-order valence-electron chi connectivity index (χ4n) is 3.68. The summed E-state index contributed by atoms with van der Waals surface area (Å²) in [5.41, 5.74) is 3.79. The zero-order chi connectivity index (χ0) is 22.1. The Morgan fingerprint density at radius 1 is 0.812 bits per heavy atom. The molecule has 0 saturated carbocycles. The van der Waals surface area contributed by atoms with Crippen LogP contribution in [0.4, 0.5) is 0 Å². The SMILES string of the molecule is C=C/C(c1cccc(-c2nc(Cl)nc(-c3ccccc3)n2)c1)=c1/sc2ccccc2c1=C. The molecule has 0 radical (unpaired) electrons. The monoisotopic (exact) mass is 451 g/mol. The highest BCUT2D eigenvalue weighted by molar-refractivity contribution is 7.17. The molecule has 0 bridgehead atoms. The Morgan fingerprint density at radius 3 is 2.25 bits per heavy atom. The third kappa shape index (κ3) is 3.75. The van der Waals surface area contributed by atoms with Crippen molar-refractivity contribution < 1.29 is 0 Å². The van der Waals surface area contributed by atoms with Crippen molar-refractivity contribution in [2.75, 3.05) is 0 Å². The molecule has 0 amide bonds. The molecule has 0 aliphatic heterocycles. The number of benzene rings is 3. The van der Waals surface area contributed by atoms with Crippen molar-refractivity contribution in [1.29, 1.82) is 0 Å². The minimum atomic E-state index is 0.164. The van der Waals surface area contributed by atoms with Gasteiger partial charge in [-0.1, -0.05) is 86.0 Å². The third-order valence-electron chi connectivity index (χ3n) is 5.22. The lowest BCUT2D eigenvalue weighted by Crippen LogP contribution is -2.19. The van der Waals surface area contributed by atoms with E-state index in [1.54, 1.807) is 11.3 Å². The maximum Gasteiger partial charge on any atom is 0.226 e. The Morgan fingerprint density at radius 2 is 1.50 bits per heavy atom. The standard InChI is InChI=1S/C27H18ClN3S/c1-3-21(24-17(2)22-14-7-8-15-23(22)32-24)19-12-9-13-20(16-19)26-29-25(30-27(28)31-26)18-10-5-4-6-11-18/h3-16H,1-2H2/b24-21-. The first-order valence-corrected chi connectivity index (χ1v) is 11.2. The van der Waals surface area contributed by atoms with Crippen molar-refractivity contribution >= 4 is 45.2 Å². The fourth-order valence-corrected chi connectivity index (χ4v) is 5.05. The van der Waals surface area contributed by atoms with Crippen LogP contribution in [0.1, 0.15) is 5.56 Å². The van der Waals surface area contributed by atoms with Crippen LogP contribution >= 0.6 is 22.9 Å². The van der Waals surface area contributed by atoms with E-state index in [0.29, 0.717) is 11.6 Å². The predicted octanol–water partition coefficient (Wildman–Crippen LogP) is 5.87. The van der Waals surface area contributed by atoms with E-state index in [1.807, 2.05) is 60.7 Å². The lowest BCUT2D eigenvalue weighted by molar-refractivity contribution is 1.07. The Bertz CT molecular complexity index is 1570. The van der Waals surface area contributed by atoms with Gasteiger partial charge >= 0.3 is 0 Å². The first kappa shape index (κ1) is 20.3. The van der Waals surface area contributed by atoms with Gasteiger partial charge in [0.2, 0.25) is 5.28 Å². The molecule has 2 heterocycles. The number of allylic oxidation sites excluding steroid dienone is 1. The minimum Gasteiger partial charge on any atom is -0.208 e. The van der Waals surface area contributed by atoms with Crippen LogP contribution < -0.4 is 9.75 Å². The smallest absolute Gasteiger partial charge is 0.208 e. The average molecular weight is 452 g/mol. The van der Waals surface area contributed by atoms with E-state index in [1.165, 1.54) is 10.1 Å². The number of thiophene rings is 1. The van der Waals surface area contributed by atoms with E-state index >= 15 is 0 Å². The molecule has 0 fully saturated rings. The van der Waals surface area contributed by atoms with Gasteiger partial charge in [-0.25, -0.2) is 4.98 Å². The highest BCUT2D eigenvalue weighted by Gasteiger charge is 2.11. The molecule has 0 atom stereocenters. The summed E-state index contributed by atoms with van der Waals surface area (Å²) in [6.07, 6.45) is 1.88. The maximum absolute atomic E-state index is 6.25. The summed E-state index contributed by atoms with van der Waals surface area (Å²) in [5.74, 6) is 1.07. The second-order valence-electron chi connectivity index (χ2n) is 7.22. The van der Waals surface area contributed by atoms with Crippen LogP contribution in [0.5, 0.6) is 0 Å². The van der Waals surface area contributed by atoms with E-state index in [0.717, 1.165) is 32.0 Å². The highest BCUT2D eigenvalue weighted by atomic mass is 35.5. The van der Waals surface area contributed by atoms with Gasteiger partial charge in [-0.15, -0.1) is 11.3 Å². The molecule has 0 saturated heterocycles. The molecular weight excluding hydrogens is 434 g/mol. The van der Waals surface area contributed by atoms with Crippen molar-refractivity contribution in [3.05, 3.63) is 112 Å². The van der Waals surface area contributed by atoms with Crippen LogP contribution in [0.25, 0.3) is 45.0 Å². The normalized spacial score (nSPS) is 12.0. The van der Waals surface area contributed by atoms with E-state index in [2.05, 4.69) is 52.4 Å². The lowest BCUT2D eigenvalue weighted by atomic mass is 10.0. The lowest BCUT2D eigenvalue weighted by Gasteiger charge is -2.07. The summed E-state index contributed by atoms with van der Waals surface area (Å²) in [4.78, 5) is 13.4. The summed E-state index contributed by atoms with van der Waals surface area (Å²) in [6, 6.07) is 26.1. The topological polar surface area (TPSA) is 38.7 Å². The predicted molar refractivity (Wildman–Crippen MR) is 135 cm³/mol. The van der Waals surface area contributed by atoms with Gasteiger partial charge in [0, 0.05) is 20.4 Å². The van der Waals surface area contributed by atoms with Crippen LogP contribution in [0.3, 0.4) is 0 Å². The molecule has 0 aliphatic carbocycles. The highest BCUT2D eigenvalue weighted by Crippen LogP contribution is 2.25. The van der Waals surface area contributed by atoms with Gasteiger partial charge in [0.25, 0.3) is 0 Å². The van der Waals surface area contributed by atoms with Gasteiger partial charge in [-0.3, -0.25) is 0 Å². The van der Waals surface area contributed by atoms with Gasteiger partial charge < -0.3 is 0 Å². The number of nitrogens with zero attached hydrogens (tertiary/aromatic N) is 3. The fraction of sp³-hybridized carbons (Fsp3) is 0. The number of hydrogen-bond donors (Lipinski definition) is 0. The minimum absolute atomic E-state index is 0.164. The van der Waals surface area contributed by atoms with Gasteiger partial charge in [-0.2, -0.15) is 9.97 Å². The maximum atomic E-state index is 6.25. The molecule has 5 heteroatoms. The molecule has 0 spiro atoms. The van der Waals surface area contributed by atoms with Gasteiger partial charge in [0.05, 0.1) is 0 Å². The van der Waals surface area contributed by atoms with Crippen molar-refractivity contribution in [2.45, 2.75) is 0 Å². The molecule has 5 aromatic rings. The van der Waals surface area contributed by atoms with Crippen LogP contribution in [-0.2, 0) is 0 Å². The molecule has 154 valence electrons. The molecule has 32 heavy (non-hydrogen) atoms. The second kappa shape index (κ2) is 8.50. The molecule has 2 aromatic heterocycles. The average Bonchev–Trinajstić information content (AvgIpc) is 3.16. The van der Waals surface area contributed by atoms with Gasteiger partial charge in [-0.05, 0) is 45.5 Å². The quantitative estimate of drug-likeness (QED) is 0.343. The Labute approximate surface area is 194 Å². The molecule has 3 nitrogen and oxygen atoms in total. The number of fused-ring (bicyclic) bond motifs is 1. The summed E-state index contributed by atoms with van der Waals surface area (Å²) in [7, 11) is 0. The van der Waals surface area contributed by atoms with E-state index in [-0.39, 0.29) is 5.28 Å². The van der Waals surface area contributed by atoms with E-state index in [4.69, 9.17) is 11.6 Å². The van der Waals surface area contributed by atoms with Crippen molar-refractivity contribution in [3.63, 3.8) is 0 Å². The van der Waals surface area contributed by atoms with Crippen molar-refractivity contribution in [1.82, 2.24) is 15.0 Å². The van der Waals surface area contributed by atoms with Gasteiger partial charge in [0.15, 0.2) is 11.6 Å². The zero-order valence-electron chi connectivity index (χ0n) is 17.1. The largest absolute Gasteiger partial charge is 0.226 e. The molecular formula is C27H18ClN3S. The van der Waals surface area contributed by atoms with Gasteiger partial charge in [0.1, 0.15) is 0 Å². The zero-order valence-corrected chi connectivity index (χ0v) is 18.7. The molecule has 0 N–H and O–H groups in total. The van der Waals surface area contributed by atoms with Crippen LogP contribution in [0.15, 0.2) is 91.5 Å². The summed E-state index contributed by atoms with van der Waals surface area (Å²) < 4.78 is 2.32. The number of aromatic nitrogens is 3. The van der Waals surface area contributed by atoms with Crippen LogP contribution in [0, 0.1) is 0 Å². The molecule has 3 aromatic carbocycles. The summed E-state index contributed by atoms with van der Waals surface area (Å²) in [5, 5.41) is 2.34. The number of hydrogen-bond acceptors (Lipinski definition) is 4. The van der Waals surface area contributed by atoms with Crippen molar-refractivity contribution in [2.24, 2.45) is 0 Å². The summed E-state index contributed by atoms with van der Waals surface area (Å²) in [6.45, 7) is 8.41. The van der Waals surface area contributed by atoms with Crippen LogP contribution in [0.2, 0.25) is 5.28 Å². The molecule has 0 unspecified atom stereocenters. The second-order valence-corrected chi connectivity index (χ2v) is 8.61. The number of rotatable bonds is 4. The van der Waals surface area contributed by atoms with E-state index < -0.39 is 0 Å². The Hall–Kier alpha value is -3.60. The molecule has 5 rings (SSSR count).